The second-order valence-electron chi connectivity index (χ2n) is 7.57. The second-order valence-corrected chi connectivity index (χ2v) is 9.17. The third-order valence-corrected chi connectivity index (χ3v) is 5.91. The molecule has 2 fully saturated rings. The Labute approximate surface area is 150 Å². The molecule has 0 amide bonds. The highest BCUT2D eigenvalue weighted by atomic mass is 32.2. The van der Waals surface area contributed by atoms with Crippen LogP contribution in [-0.2, 0) is 29.2 Å². The van der Waals surface area contributed by atoms with Crippen LogP contribution < -0.4 is 0 Å². The predicted molar refractivity (Wildman–Crippen MR) is 95.9 cm³/mol. The summed E-state index contributed by atoms with van der Waals surface area (Å²) in [6.07, 6.45) is 4.78. The number of hydrogen-bond acceptors (Lipinski definition) is 5. The fraction of sp³-hybridized carbons (Fsp3) is 0.684. The Kier molecular flexibility index (Phi) is 5.54. The molecule has 0 aromatic heterocycles. The van der Waals surface area contributed by atoms with Crippen LogP contribution >= 0.6 is 0 Å². The normalized spacial score (nSPS) is 33.5. The number of hydrogen-bond donors (Lipinski definition) is 0. The van der Waals surface area contributed by atoms with E-state index in [-0.39, 0.29) is 12.4 Å². The molecule has 0 radical (unpaired) electrons. The molecule has 0 spiro atoms. The summed E-state index contributed by atoms with van der Waals surface area (Å²) in [7, 11) is -3.54. The lowest BCUT2D eigenvalue weighted by atomic mass is 9.79. The average Bonchev–Trinajstić information content (AvgIpc) is 2.83. The van der Waals surface area contributed by atoms with Crippen LogP contribution in [0.4, 0.5) is 0 Å². The van der Waals surface area contributed by atoms with Crippen LogP contribution in [0.5, 0.6) is 0 Å². The lowest BCUT2D eigenvalue weighted by Gasteiger charge is -2.31. The van der Waals surface area contributed by atoms with E-state index in [4.69, 9.17) is 13.7 Å². The zero-order chi connectivity index (χ0) is 18.1. The summed E-state index contributed by atoms with van der Waals surface area (Å²) in [6.45, 7) is 4.84. The Hall–Kier alpha value is -0.950. The van der Waals surface area contributed by atoms with E-state index in [0.29, 0.717) is 6.42 Å². The van der Waals surface area contributed by atoms with Gasteiger partial charge in [0.2, 0.25) is 0 Å². The van der Waals surface area contributed by atoms with Crippen molar-refractivity contribution < 1.29 is 22.1 Å². The molecule has 5 nitrogen and oxygen atoms in total. The van der Waals surface area contributed by atoms with E-state index >= 15 is 0 Å². The van der Waals surface area contributed by atoms with Crippen LogP contribution in [-0.4, -0.2) is 39.8 Å². The second kappa shape index (κ2) is 7.35. The molecule has 1 aliphatic heterocycles. The van der Waals surface area contributed by atoms with Crippen LogP contribution in [0.1, 0.15) is 50.2 Å². The maximum absolute atomic E-state index is 11.8. The van der Waals surface area contributed by atoms with E-state index in [0.717, 1.165) is 44.1 Å². The van der Waals surface area contributed by atoms with Crippen LogP contribution in [0, 0.1) is 6.92 Å². The van der Waals surface area contributed by atoms with Crippen LogP contribution in [0.25, 0.3) is 0 Å². The molecule has 1 saturated carbocycles. The van der Waals surface area contributed by atoms with E-state index in [1.54, 1.807) is 0 Å². The van der Waals surface area contributed by atoms with Gasteiger partial charge in [-0.1, -0.05) is 36.8 Å². The van der Waals surface area contributed by atoms with Crippen molar-refractivity contribution in [3.8, 4) is 0 Å². The first-order valence-corrected chi connectivity index (χ1v) is 10.8. The Bertz CT molecular complexity index is 678. The van der Waals surface area contributed by atoms with Gasteiger partial charge >= 0.3 is 0 Å². The number of aryl methyl sites for hydroxylation is 1. The maximum Gasteiger partial charge on any atom is 0.264 e. The molecule has 25 heavy (non-hydrogen) atoms. The van der Waals surface area contributed by atoms with Crippen molar-refractivity contribution in [1.29, 1.82) is 0 Å². The molecule has 1 heterocycles. The fourth-order valence-electron chi connectivity index (χ4n) is 3.92. The molecule has 3 rings (SSSR count). The molecule has 2 aliphatic rings. The zero-order valence-corrected chi connectivity index (χ0v) is 16.1. The van der Waals surface area contributed by atoms with Crippen molar-refractivity contribution in [2.24, 2.45) is 0 Å². The third kappa shape index (κ3) is 4.61. The van der Waals surface area contributed by atoms with Crippen LogP contribution in [0.15, 0.2) is 24.3 Å². The van der Waals surface area contributed by atoms with Crippen LogP contribution in [0.3, 0.4) is 0 Å². The summed E-state index contributed by atoms with van der Waals surface area (Å²) in [4.78, 5) is 0. The van der Waals surface area contributed by atoms with E-state index in [9.17, 15) is 8.42 Å². The van der Waals surface area contributed by atoms with Gasteiger partial charge in [-0.05, 0) is 38.2 Å². The van der Waals surface area contributed by atoms with Gasteiger partial charge in [0.15, 0.2) is 6.29 Å². The molecule has 0 bridgehead atoms. The smallest absolute Gasteiger partial charge is 0.264 e. The topological polar surface area (TPSA) is 61.8 Å². The highest BCUT2D eigenvalue weighted by Crippen LogP contribution is 2.45. The monoisotopic (exact) mass is 368 g/mol. The molecule has 140 valence electrons. The van der Waals surface area contributed by atoms with E-state index in [1.165, 1.54) is 5.56 Å². The van der Waals surface area contributed by atoms with Crippen molar-refractivity contribution in [2.45, 2.75) is 69.9 Å². The maximum atomic E-state index is 11.8. The van der Waals surface area contributed by atoms with Gasteiger partial charge < -0.3 is 9.47 Å². The first kappa shape index (κ1) is 18.8. The molecule has 0 N–H and O–H groups in total. The molecule has 4 unspecified atom stereocenters. The quantitative estimate of drug-likeness (QED) is 0.746. The van der Waals surface area contributed by atoms with Gasteiger partial charge in [0.25, 0.3) is 10.1 Å². The van der Waals surface area contributed by atoms with E-state index in [2.05, 4.69) is 31.2 Å². The SMILES string of the molecule is Cc1ccc(C2(C)CC(OC3CCCCO3)CC2OS(C)(=O)=O)cc1. The highest BCUT2D eigenvalue weighted by Gasteiger charge is 2.48. The lowest BCUT2D eigenvalue weighted by Crippen LogP contribution is -2.35. The summed E-state index contributed by atoms with van der Waals surface area (Å²) in [5.41, 5.74) is 1.85. The molecule has 1 aromatic rings. The Balaban J connectivity index is 1.80. The minimum absolute atomic E-state index is 0.0684. The molecule has 1 saturated heterocycles. The number of ether oxygens (including phenoxy) is 2. The third-order valence-electron chi connectivity index (χ3n) is 5.32. The van der Waals surface area contributed by atoms with Crippen molar-refractivity contribution in [2.75, 3.05) is 12.9 Å². The van der Waals surface area contributed by atoms with Gasteiger partial charge in [0.05, 0.1) is 18.5 Å². The molecule has 1 aliphatic carbocycles. The van der Waals surface area contributed by atoms with Gasteiger partial charge in [-0.15, -0.1) is 0 Å². The minimum Gasteiger partial charge on any atom is -0.353 e. The molecular formula is C19H28O5S. The van der Waals surface area contributed by atoms with Crippen molar-refractivity contribution >= 4 is 10.1 Å². The summed E-state index contributed by atoms with van der Waals surface area (Å²) >= 11 is 0. The van der Waals surface area contributed by atoms with E-state index < -0.39 is 21.6 Å². The zero-order valence-electron chi connectivity index (χ0n) is 15.2. The fourth-order valence-corrected chi connectivity index (χ4v) is 4.63. The Morgan fingerprint density at radius 1 is 1.20 bits per heavy atom. The van der Waals surface area contributed by atoms with Crippen molar-refractivity contribution in [1.82, 2.24) is 0 Å². The standard InChI is InChI=1S/C19H28O5S/c1-14-7-9-15(10-8-14)19(2)13-16(12-17(19)24-25(3,20)21)23-18-6-4-5-11-22-18/h7-10,16-18H,4-6,11-13H2,1-3H3. The highest BCUT2D eigenvalue weighted by molar-refractivity contribution is 7.86. The summed E-state index contributed by atoms with van der Waals surface area (Å²) < 4.78 is 40.8. The largest absolute Gasteiger partial charge is 0.353 e. The summed E-state index contributed by atoms with van der Waals surface area (Å²) in [5.74, 6) is 0. The number of benzene rings is 1. The lowest BCUT2D eigenvalue weighted by molar-refractivity contribution is -0.187. The molecular weight excluding hydrogens is 340 g/mol. The Morgan fingerprint density at radius 2 is 1.92 bits per heavy atom. The van der Waals surface area contributed by atoms with Gasteiger partial charge in [-0.3, -0.25) is 4.18 Å². The molecule has 6 heteroatoms. The number of rotatable bonds is 5. The predicted octanol–water partition coefficient (Wildman–Crippen LogP) is 3.30. The first-order valence-electron chi connectivity index (χ1n) is 8.99. The first-order chi connectivity index (χ1) is 11.8. The van der Waals surface area contributed by atoms with Crippen molar-refractivity contribution in [3.63, 3.8) is 0 Å². The van der Waals surface area contributed by atoms with E-state index in [1.807, 2.05) is 6.92 Å². The minimum atomic E-state index is -3.54. The van der Waals surface area contributed by atoms with Crippen LogP contribution in [0.2, 0.25) is 0 Å². The summed E-state index contributed by atoms with van der Waals surface area (Å²) in [5, 5.41) is 0. The summed E-state index contributed by atoms with van der Waals surface area (Å²) in [6, 6.07) is 8.23. The average molecular weight is 368 g/mol. The molecule has 1 aromatic carbocycles. The van der Waals surface area contributed by atoms with Gasteiger partial charge in [-0.25, -0.2) is 0 Å². The molecule has 4 atom stereocenters. The Morgan fingerprint density at radius 3 is 2.52 bits per heavy atom. The van der Waals surface area contributed by atoms with Crippen molar-refractivity contribution in [3.05, 3.63) is 35.4 Å². The van der Waals surface area contributed by atoms with Gasteiger partial charge in [0.1, 0.15) is 0 Å². The van der Waals surface area contributed by atoms with Gasteiger partial charge in [-0.2, -0.15) is 8.42 Å². The van der Waals surface area contributed by atoms with Gasteiger partial charge in [0, 0.05) is 18.4 Å².